The molecule has 2 N–H and O–H groups in total. The number of aromatic nitrogens is 2. The molecule has 2 heterocycles. The average molecular weight is 786 g/mol. The Morgan fingerprint density at radius 2 is 1.34 bits per heavy atom. The maximum Gasteiger partial charge on any atom is 0.137 e. The van der Waals surface area contributed by atoms with Crippen LogP contribution in [0.3, 0.4) is 0 Å². The fraction of sp³-hybridized carbons (Fsp3) is 0.241. The van der Waals surface area contributed by atoms with Crippen LogP contribution in [0.15, 0.2) is 165 Å². The molecule has 5 heteroatoms. The van der Waals surface area contributed by atoms with Crippen LogP contribution in [0.5, 0.6) is 0 Å². The second-order valence-electron chi connectivity index (χ2n) is 15.3. The molecule has 0 aliphatic carbocycles. The van der Waals surface area contributed by atoms with Crippen LogP contribution >= 0.6 is 0 Å². The van der Waals surface area contributed by atoms with Gasteiger partial charge >= 0.3 is 0 Å². The van der Waals surface area contributed by atoms with Gasteiger partial charge in [-0.3, -0.25) is 14.9 Å². The summed E-state index contributed by atoms with van der Waals surface area (Å²) in [5, 5.41) is 12.0. The minimum Gasteiger partial charge on any atom is -0.400 e. The number of fused-ring (bicyclic) bond motifs is 5. The Kier molecular flexibility index (Phi) is 17.2. The Morgan fingerprint density at radius 3 is 1.95 bits per heavy atom. The molecule has 2 aromatic heterocycles. The van der Waals surface area contributed by atoms with Crippen LogP contribution in [0.2, 0.25) is 0 Å². The van der Waals surface area contributed by atoms with E-state index in [0.29, 0.717) is 5.92 Å². The van der Waals surface area contributed by atoms with Gasteiger partial charge in [-0.2, -0.15) is 0 Å². The van der Waals surface area contributed by atoms with E-state index in [-0.39, 0.29) is 5.60 Å². The molecule has 0 aliphatic rings. The van der Waals surface area contributed by atoms with Crippen molar-refractivity contribution in [1.82, 2.24) is 9.55 Å². The first-order valence-corrected chi connectivity index (χ1v) is 20.5. The monoisotopic (exact) mass is 785 g/mol. The summed E-state index contributed by atoms with van der Waals surface area (Å²) in [4.78, 5) is 10.4. The van der Waals surface area contributed by atoms with Crippen molar-refractivity contribution in [3.8, 4) is 5.82 Å². The number of anilines is 1. The van der Waals surface area contributed by atoms with Crippen LogP contribution in [0.4, 0.5) is 5.69 Å². The number of nitrogens with one attached hydrogen (secondary N) is 1. The Labute approximate surface area is 353 Å². The lowest BCUT2D eigenvalue weighted by Gasteiger charge is -2.29. The fourth-order valence-electron chi connectivity index (χ4n) is 6.31. The highest BCUT2D eigenvalue weighted by atomic mass is 16.7. The molecular formula is C54H63N3O2. The highest BCUT2D eigenvalue weighted by Gasteiger charge is 2.23. The van der Waals surface area contributed by atoms with Gasteiger partial charge in [0.25, 0.3) is 0 Å². The van der Waals surface area contributed by atoms with Crippen LogP contribution in [0.25, 0.3) is 55.1 Å². The first kappa shape index (κ1) is 45.7. The maximum absolute atomic E-state index is 7.00. The van der Waals surface area contributed by atoms with Crippen molar-refractivity contribution < 1.29 is 9.94 Å². The van der Waals surface area contributed by atoms with Crippen LogP contribution in [-0.4, -0.2) is 27.4 Å². The van der Waals surface area contributed by atoms with E-state index in [2.05, 4.69) is 168 Å². The number of aliphatic hydroxyl groups excluding tert-OH is 1. The summed E-state index contributed by atoms with van der Waals surface area (Å²) in [6.45, 7) is 25.1. The van der Waals surface area contributed by atoms with Crippen molar-refractivity contribution in [2.24, 2.45) is 5.92 Å². The summed E-state index contributed by atoms with van der Waals surface area (Å²) in [6, 6.07) is 44.2. The van der Waals surface area contributed by atoms with E-state index in [1.54, 1.807) is 0 Å². The molecule has 0 fully saturated rings. The molecule has 7 aromatic rings. The van der Waals surface area contributed by atoms with Crippen LogP contribution < -0.4 is 5.48 Å². The van der Waals surface area contributed by atoms with E-state index in [4.69, 9.17) is 9.94 Å². The van der Waals surface area contributed by atoms with Crippen LogP contribution in [0.1, 0.15) is 84.9 Å². The Balaban J connectivity index is 0.000000258. The van der Waals surface area contributed by atoms with Crippen molar-refractivity contribution in [3.05, 3.63) is 182 Å². The zero-order valence-corrected chi connectivity index (χ0v) is 36.6. The van der Waals surface area contributed by atoms with E-state index in [1.807, 2.05) is 67.7 Å². The molecule has 306 valence electrons. The predicted molar refractivity (Wildman–Crippen MR) is 258 cm³/mol. The lowest BCUT2D eigenvalue weighted by molar-refractivity contribution is -0.0172. The minimum atomic E-state index is -0.187. The number of benzene rings is 5. The van der Waals surface area contributed by atoms with Crippen LogP contribution in [0, 0.1) is 5.92 Å². The van der Waals surface area contributed by atoms with Gasteiger partial charge in [0.05, 0.1) is 22.3 Å². The van der Waals surface area contributed by atoms with Crippen molar-refractivity contribution in [3.63, 3.8) is 0 Å². The summed E-state index contributed by atoms with van der Waals surface area (Å²) < 4.78 is 2.27. The molecule has 0 radical (unpaired) electrons. The largest absolute Gasteiger partial charge is 0.400 e. The quantitative estimate of drug-likeness (QED) is 0.0779. The molecule has 0 unspecified atom stereocenters. The lowest BCUT2D eigenvalue weighted by Crippen LogP contribution is -2.33. The number of hydrogen-bond acceptors (Lipinski definition) is 4. The SMILES string of the molecule is C=C(/C=C(\C)c1ccc2c(c1)c1c3ccccc3ccc1n2-c1ccccn1)c1ccccc1.C=C(C)c1ccc(NOC(C)(C)C(C)C)cc1.CC/C=C\CC.CO. The second kappa shape index (κ2) is 22.2. The lowest BCUT2D eigenvalue weighted by atomic mass is 9.95. The van der Waals surface area contributed by atoms with E-state index >= 15 is 0 Å². The van der Waals surface area contributed by atoms with Crippen molar-refractivity contribution in [2.45, 2.75) is 73.8 Å². The average Bonchev–Trinajstić information content (AvgIpc) is 3.61. The third kappa shape index (κ3) is 12.0. The number of hydrogen-bond donors (Lipinski definition) is 2. The zero-order chi connectivity index (χ0) is 43.0. The van der Waals surface area contributed by atoms with Crippen molar-refractivity contribution >= 4 is 55.0 Å². The van der Waals surface area contributed by atoms with E-state index in [1.165, 1.54) is 51.0 Å². The van der Waals surface area contributed by atoms with Gasteiger partial charge in [0.15, 0.2) is 0 Å². The normalized spacial score (nSPS) is 11.4. The van der Waals surface area contributed by atoms with Gasteiger partial charge in [0, 0.05) is 24.1 Å². The molecule has 0 atom stereocenters. The van der Waals surface area contributed by atoms with Crippen LogP contribution in [-0.2, 0) is 4.84 Å². The third-order valence-corrected chi connectivity index (χ3v) is 10.4. The standard InChI is InChI=1S/C32H24N2.C15H23NO.C6H12.CH4O/c1-22(24-10-4-3-5-11-24)20-23(2)26-16-17-29-28(21-26)32-27-13-7-6-12-25(27)15-18-30(32)34(29)31-14-8-9-19-33-31;1-11(2)13-7-9-14(10-8-13)16-17-15(5,6)12(3)4;1-3-5-6-4-2;1-2/h3-21H,1H2,2H3;7-10,12,16H,1H2,2-6H3;5-6H,3-4H2,1-2H3;2H,1H3/b23-20+;;6-5-;. The molecule has 0 spiro atoms. The summed E-state index contributed by atoms with van der Waals surface area (Å²) >= 11 is 0. The number of nitrogens with zero attached hydrogens (tertiary/aromatic N) is 2. The smallest absolute Gasteiger partial charge is 0.137 e. The first-order valence-electron chi connectivity index (χ1n) is 20.5. The summed E-state index contributed by atoms with van der Waals surface area (Å²) in [7, 11) is 1.00. The molecule has 0 saturated heterocycles. The molecular weight excluding hydrogens is 723 g/mol. The molecule has 0 bridgehead atoms. The third-order valence-electron chi connectivity index (χ3n) is 10.4. The molecule has 7 rings (SSSR count). The van der Waals surface area contributed by atoms with E-state index < -0.39 is 0 Å². The van der Waals surface area contributed by atoms with Gasteiger partial charge in [-0.25, -0.2) is 4.98 Å². The summed E-state index contributed by atoms with van der Waals surface area (Å²) in [5.74, 6) is 1.37. The van der Waals surface area contributed by atoms with Gasteiger partial charge in [-0.15, -0.1) is 0 Å². The fourth-order valence-corrected chi connectivity index (χ4v) is 6.31. The maximum atomic E-state index is 7.00. The highest BCUT2D eigenvalue weighted by molar-refractivity contribution is 6.21. The van der Waals surface area contributed by atoms with Gasteiger partial charge in [-0.05, 0) is 128 Å². The van der Waals surface area contributed by atoms with Gasteiger partial charge in [0.1, 0.15) is 5.82 Å². The molecule has 0 amide bonds. The molecule has 0 saturated carbocycles. The summed E-state index contributed by atoms with van der Waals surface area (Å²) in [6.07, 6.45) is 10.7. The number of pyridine rings is 1. The highest BCUT2D eigenvalue weighted by Crippen LogP contribution is 2.38. The van der Waals surface area contributed by atoms with Gasteiger partial charge in [0.2, 0.25) is 0 Å². The molecule has 5 nitrogen and oxygen atoms in total. The number of aliphatic hydroxyl groups is 1. The molecule has 0 aliphatic heterocycles. The molecule has 59 heavy (non-hydrogen) atoms. The summed E-state index contributed by atoms with van der Waals surface area (Å²) in [5.41, 5.74) is 12.9. The second-order valence-corrected chi connectivity index (χ2v) is 15.3. The van der Waals surface area contributed by atoms with E-state index in [0.717, 1.165) is 46.4 Å². The number of rotatable bonds is 11. The van der Waals surface area contributed by atoms with Gasteiger partial charge < -0.3 is 5.11 Å². The van der Waals surface area contributed by atoms with E-state index in [9.17, 15) is 0 Å². The molecule has 5 aromatic carbocycles. The van der Waals surface area contributed by atoms with Crippen molar-refractivity contribution in [2.75, 3.05) is 12.6 Å². The Bertz CT molecular complexity index is 2470. The first-order chi connectivity index (χ1) is 28.4. The van der Waals surface area contributed by atoms with Crippen molar-refractivity contribution in [1.29, 1.82) is 0 Å². The Hall–Kier alpha value is -6.01. The Morgan fingerprint density at radius 1 is 0.729 bits per heavy atom. The minimum absolute atomic E-state index is 0.187. The van der Waals surface area contributed by atoms with Gasteiger partial charge in [-0.1, -0.05) is 150 Å². The topological polar surface area (TPSA) is 59.3 Å². The predicted octanol–water partition coefficient (Wildman–Crippen LogP) is 14.9. The number of allylic oxidation sites excluding steroid dienone is 6. The zero-order valence-electron chi connectivity index (χ0n) is 36.6.